The number of piperidine rings is 1. The van der Waals surface area contributed by atoms with Gasteiger partial charge in [0.15, 0.2) is 0 Å². The van der Waals surface area contributed by atoms with E-state index in [1.54, 1.807) is 0 Å². The van der Waals surface area contributed by atoms with E-state index >= 15 is 0 Å². The fraction of sp³-hybridized carbons (Fsp3) is 0.455. The van der Waals surface area contributed by atoms with Crippen molar-refractivity contribution in [1.82, 2.24) is 10.3 Å². The Morgan fingerprint density at radius 2 is 2.40 bits per heavy atom. The maximum Gasteiger partial charge on any atom is 0.242 e. The average molecular weight is 205 g/mol. The predicted octanol–water partition coefficient (Wildman–Crippen LogP) is 1.08. The van der Waals surface area contributed by atoms with E-state index in [0.29, 0.717) is 0 Å². The first-order chi connectivity index (χ1) is 7.25. The predicted molar refractivity (Wildman–Crippen MR) is 58.6 cm³/mol. The van der Waals surface area contributed by atoms with E-state index in [1.807, 2.05) is 25.1 Å². The lowest BCUT2D eigenvalue weighted by Gasteiger charge is -2.23. The van der Waals surface area contributed by atoms with Gasteiger partial charge < -0.3 is 10.6 Å². The summed E-state index contributed by atoms with van der Waals surface area (Å²) in [6, 6.07) is 5.62. The highest BCUT2D eigenvalue weighted by atomic mass is 16.2. The van der Waals surface area contributed by atoms with Gasteiger partial charge in [-0.05, 0) is 31.9 Å². The first-order valence-electron chi connectivity index (χ1n) is 5.23. The molecule has 0 spiro atoms. The van der Waals surface area contributed by atoms with Crippen molar-refractivity contribution >= 4 is 11.7 Å². The van der Waals surface area contributed by atoms with Crippen LogP contribution in [-0.4, -0.2) is 23.5 Å². The molecule has 80 valence electrons. The minimum atomic E-state index is -0.131. The standard InChI is InChI=1S/C11H15N3O/c1-8-4-2-6-10(13-8)14-9-5-3-7-12-11(9)15/h2,4,6,9H,3,5,7H2,1H3,(H,12,15)(H,13,14). The number of carbonyl (C=O) groups is 1. The van der Waals surface area contributed by atoms with Crippen LogP contribution >= 0.6 is 0 Å². The highest BCUT2D eigenvalue weighted by Gasteiger charge is 2.21. The molecule has 15 heavy (non-hydrogen) atoms. The van der Waals surface area contributed by atoms with Gasteiger partial charge in [0.1, 0.15) is 11.9 Å². The molecule has 1 atom stereocenters. The number of rotatable bonds is 2. The highest BCUT2D eigenvalue weighted by molar-refractivity contribution is 5.84. The van der Waals surface area contributed by atoms with E-state index in [1.165, 1.54) is 0 Å². The van der Waals surface area contributed by atoms with Crippen LogP contribution in [0.15, 0.2) is 18.2 Å². The molecule has 1 fully saturated rings. The average Bonchev–Trinajstić information content (AvgIpc) is 2.22. The Bertz CT molecular complexity index is 365. The van der Waals surface area contributed by atoms with Crippen LogP contribution in [0.3, 0.4) is 0 Å². The Balaban J connectivity index is 2.04. The van der Waals surface area contributed by atoms with Crippen LogP contribution in [0.4, 0.5) is 5.82 Å². The van der Waals surface area contributed by atoms with E-state index in [-0.39, 0.29) is 11.9 Å². The van der Waals surface area contributed by atoms with Crippen LogP contribution in [-0.2, 0) is 4.79 Å². The second-order valence-corrected chi connectivity index (χ2v) is 3.79. The van der Waals surface area contributed by atoms with Crippen molar-refractivity contribution < 1.29 is 4.79 Å². The van der Waals surface area contributed by atoms with Crippen LogP contribution in [0.5, 0.6) is 0 Å². The molecule has 0 saturated carbocycles. The molecule has 2 heterocycles. The molecule has 0 radical (unpaired) electrons. The minimum Gasteiger partial charge on any atom is -0.358 e. The van der Waals surface area contributed by atoms with Gasteiger partial charge in [0.05, 0.1) is 0 Å². The van der Waals surface area contributed by atoms with Crippen molar-refractivity contribution in [2.75, 3.05) is 11.9 Å². The van der Waals surface area contributed by atoms with Gasteiger partial charge in [-0.3, -0.25) is 4.79 Å². The first kappa shape index (κ1) is 9.96. The molecule has 1 amide bonds. The molecular formula is C11H15N3O. The molecule has 1 saturated heterocycles. The van der Waals surface area contributed by atoms with Crippen LogP contribution in [0.2, 0.25) is 0 Å². The van der Waals surface area contributed by atoms with Crippen molar-refractivity contribution in [3.8, 4) is 0 Å². The molecular weight excluding hydrogens is 190 g/mol. The molecule has 0 bridgehead atoms. The van der Waals surface area contributed by atoms with Crippen LogP contribution < -0.4 is 10.6 Å². The minimum absolute atomic E-state index is 0.0737. The van der Waals surface area contributed by atoms with Gasteiger partial charge in [0.2, 0.25) is 5.91 Å². The summed E-state index contributed by atoms with van der Waals surface area (Å²) in [4.78, 5) is 15.8. The van der Waals surface area contributed by atoms with E-state index in [0.717, 1.165) is 30.9 Å². The number of amides is 1. The van der Waals surface area contributed by atoms with Crippen molar-refractivity contribution in [2.24, 2.45) is 0 Å². The summed E-state index contributed by atoms with van der Waals surface area (Å²) in [5.74, 6) is 0.849. The maximum absolute atomic E-state index is 11.5. The van der Waals surface area contributed by atoms with Gasteiger partial charge in [-0.25, -0.2) is 4.98 Å². The van der Waals surface area contributed by atoms with E-state index in [4.69, 9.17) is 0 Å². The van der Waals surface area contributed by atoms with E-state index in [2.05, 4.69) is 15.6 Å². The van der Waals surface area contributed by atoms with Crippen LogP contribution in [0.1, 0.15) is 18.5 Å². The van der Waals surface area contributed by atoms with E-state index < -0.39 is 0 Å². The fourth-order valence-corrected chi connectivity index (χ4v) is 1.71. The summed E-state index contributed by atoms with van der Waals surface area (Å²) in [6.45, 7) is 2.73. The topological polar surface area (TPSA) is 54.0 Å². The van der Waals surface area contributed by atoms with Crippen molar-refractivity contribution in [2.45, 2.75) is 25.8 Å². The van der Waals surface area contributed by atoms with Crippen molar-refractivity contribution in [1.29, 1.82) is 0 Å². The molecule has 1 aromatic heterocycles. The molecule has 1 aliphatic rings. The van der Waals surface area contributed by atoms with Gasteiger partial charge in [0, 0.05) is 12.2 Å². The summed E-state index contributed by atoms with van der Waals surface area (Å²) in [5.41, 5.74) is 0.955. The third kappa shape index (κ3) is 2.46. The van der Waals surface area contributed by atoms with Crippen molar-refractivity contribution in [3.05, 3.63) is 23.9 Å². The Morgan fingerprint density at radius 1 is 1.53 bits per heavy atom. The number of nitrogens with zero attached hydrogens (tertiary/aromatic N) is 1. The molecule has 1 aromatic rings. The highest BCUT2D eigenvalue weighted by Crippen LogP contribution is 2.11. The number of aromatic nitrogens is 1. The van der Waals surface area contributed by atoms with Crippen LogP contribution in [0, 0.1) is 6.92 Å². The third-order valence-corrected chi connectivity index (χ3v) is 2.50. The number of pyridine rings is 1. The van der Waals surface area contributed by atoms with Gasteiger partial charge in [-0.2, -0.15) is 0 Å². The molecule has 2 rings (SSSR count). The molecule has 4 heteroatoms. The summed E-state index contributed by atoms with van der Waals surface area (Å²) in [7, 11) is 0. The Labute approximate surface area is 89.1 Å². The number of aryl methyl sites for hydroxylation is 1. The molecule has 1 unspecified atom stereocenters. The summed E-state index contributed by atoms with van der Waals surface area (Å²) < 4.78 is 0. The van der Waals surface area contributed by atoms with Gasteiger partial charge >= 0.3 is 0 Å². The summed E-state index contributed by atoms with van der Waals surface area (Å²) in [6.07, 6.45) is 1.90. The Hall–Kier alpha value is -1.58. The smallest absolute Gasteiger partial charge is 0.242 e. The van der Waals surface area contributed by atoms with Crippen LogP contribution in [0.25, 0.3) is 0 Å². The van der Waals surface area contributed by atoms with Crippen molar-refractivity contribution in [3.63, 3.8) is 0 Å². The third-order valence-electron chi connectivity index (χ3n) is 2.50. The maximum atomic E-state index is 11.5. The molecule has 4 nitrogen and oxygen atoms in total. The first-order valence-corrected chi connectivity index (χ1v) is 5.23. The monoisotopic (exact) mass is 205 g/mol. The molecule has 1 aliphatic heterocycles. The van der Waals surface area contributed by atoms with Gasteiger partial charge in [-0.15, -0.1) is 0 Å². The number of nitrogens with one attached hydrogen (secondary N) is 2. The normalized spacial score (nSPS) is 20.9. The number of anilines is 1. The van der Waals surface area contributed by atoms with Gasteiger partial charge in [0.25, 0.3) is 0 Å². The number of hydrogen-bond donors (Lipinski definition) is 2. The Kier molecular flexibility index (Phi) is 2.85. The fourth-order valence-electron chi connectivity index (χ4n) is 1.71. The molecule has 0 aliphatic carbocycles. The second kappa shape index (κ2) is 4.29. The largest absolute Gasteiger partial charge is 0.358 e. The SMILES string of the molecule is Cc1cccc(NC2CCCNC2=O)n1. The quantitative estimate of drug-likeness (QED) is 0.759. The zero-order chi connectivity index (χ0) is 10.7. The summed E-state index contributed by atoms with van der Waals surface area (Å²) >= 11 is 0. The number of carbonyl (C=O) groups excluding carboxylic acids is 1. The number of hydrogen-bond acceptors (Lipinski definition) is 3. The Morgan fingerprint density at radius 3 is 3.13 bits per heavy atom. The summed E-state index contributed by atoms with van der Waals surface area (Å²) in [5, 5.41) is 5.99. The molecule has 2 N–H and O–H groups in total. The lowest BCUT2D eigenvalue weighted by molar-refractivity contribution is -0.123. The zero-order valence-corrected chi connectivity index (χ0v) is 8.79. The lowest BCUT2D eigenvalue weighted by Crippen LogP contribution is -2.44. The van der Waals surface area contributed by atoms with E-state index in [9.17, 15) is 4.79 Å². The second-order valence-electron chi connectivity index (χ2n) is 3.79. The molecule has 0 aromatic carbocycles. The lowest BCUT2D eigenvalue weighted by atomic mass is 10.1. The van der Waals surface area contributed by atoms with Gasteiger partial charge in [-0.1, -0.05) is 6.07 Å². The zero-order valence-electron chi connectivity index (χ0n) is 8.79.